The van der Waals surface area contributed by atoms with Crippen LogP contribution >= 0.6 is 0 Å². The summed E-state index contributed by atoms with van der Waals surface area (Å²) in [5.41, 5.74) is 0.00262. The molecule has 3 aliphatic rings. The van der Waals surface area contributed by atoms with Crippen molar-refractivity contribution in [1.29, 1.82) is 0 Å². The predicted octanol–water partition coefficient (Wildman–Crippen LogP) is -0.340. The third-order valence-corrected chi connectivity index (χ3v) is 4.16. The Morgan fingerprint density at radius 2 is 2.26 bits per heavy atom. The maximum absolute atomic E-state index is 10.7. The standard InChI is InChI=1S/C12H19N5O2/c18-12(19)11-8-17(15-14-11)6-3-13-10-7-16-4-1-9(10)2-5-16/h8-10,13H,1-7H2,(H,18,19). The molecular weight excluding hydrogens is 246 g/mol. The number of hydrogen-bond donors (Lipinski definition) is 2. The van der Waals surface area contributed by atoms with Gasteiger partial charge < -0.3 is 15.3 Å². The minimum atomic E-state index is -1.03. The molecule has 1 unspecified atom stereocenters. The van der Waals surface area contributed by atoms with Crippen LogP contribution in [0.1, 0.15) is 23.3 Å². The zero-order valence-corrected chi connectivity index (χ0v) is 10.8. The highest BCUT2D eigenvalue weighted by atomic mass is 16.4. The van der Waals surface area contributed by atoms with E-state index in [-0.39, 0.29) is 5.69 Å². The smallest absolute Gasteiger partial charge is 0.358 e. The highest BCUT2D eigenvalue weighted by Crippen LogP contribution is 2.27. The third-order valence-electron chi connectivity index (χ3n) is 4.16. The van der Waals surface area contributed by atoms with Crippen LogP contribution in [0.15, 0.2) is 6.20 Å². The van der Waals surface area contributed by atoms with Crippen molar-refractivity contribution in [2.24, 2.45) is 5.92 Å². The number of rotatable bonds is 5. The molecule has 3 aliphatic heterocycles. The average molecular weight is 265 g/mol. The summed E-state index contributed by atoms with van der Waals surface area (Å²) in [4.78, 5) is 13.2. The van der Waals surface area contributed by atoms with Crippen molar-refractivity contribution in [1.82, 2.24) is 25.2 Å². The molecule has 4 rings (SSSR count). The van der Waals surface area contributed by atoms with Gasteiger partial charge in [0.05, 0.1) is 12.7 Å². The number of carboxylic acids is 1. The van der Waals surface area contributed by atoms with Crippen molar-refractivity contribution < 1.29 is 9.90 Å². The van der Waals surface area contributed by atoms with Gasteiger partial charge in [0.15, 0.2) is 5.69 Å². The van der Waals surface area contributed by atoms with E-state index < -0.39 is 5.97 Å². The van der Waals surface area contributed by atoms with E-state index in [9.17, 15) is 4.79 Å². The van der Waals surface area contributed by atoms with Gasteiger partial charge in [0.1, 0.15) is 0 Å². The number of nitrogens with zero attached hydrogens (tertiary/aromatic N) is 4. The second-order valence-corrected chi connectivity index (χ2v) is 5.37. The van der Waals surface area contributed by atoms with E-state index in [2.05, 4.69) is 20.5 Å². The molecule has 104 valence electrons. The van der Waals surface area contributed by atoms with Gasteiger partial charge in [0.2, 0.25) is 0 Å². The van der Waals surface area contributed by atoms with Crippen molar-refractivity contribution in [3.05, 3.63) is 11.9 Å². The van der Waals surface area contributed by atoms with Crippen LogP contribution in [-0.2, 0) is 6.54 Å². The Hall–Kier alpha value is -1.47. The lowest BCUT2D eigenvalue weighted by Crippen LogP contribution is -2.56. The highest BCUT2D eigenvalue weighted by Gasteiger charge is 2.33. The normalized spacial score (nSPS) is 29.6. The van der Waals surface area contributed by atoms with E-state index in [1.807, 2.05) is 0 Å². The molecule has 1 aromatic rings. The molecule has 0 aromatic carbocycles. The molecule has 3 saturated heterocycles. The van der Waals surface area contributed by atoms with Crippen molar-refractivity contribution >= 4 is 5.97 Å². The van der Waals surface area contributed by atoms with Gasteiger partial charge in [-0.1, -0.05) is 5.21 Å². The van der Waals surface area contributed by atoms with Crippen LogP contribution in [-0.4, -0.2) is 63.2 Å². The summed E-state index contributed by atoms with van der Waals surface area (Å²) in [6, 6.07) is 0.574. The lowest BCUT2D eigenvalue weighted by molar-refractivity contribution is 0.0690. The summed E-state index contributed by atoms with van der Waals surface area (Å²) < 4.78 is 1.58. The molecule has 3 fully saturated rings. The second-order valence-electron chi connectivity index (χ2n) is 5.37. The Balaban J connectivity index is 1.46. The lowest BCUT2D eigenvalue weighted by atomic mass is 9.84. The summed E-state index contributed by atoms with van der Waals surface area (Å²) in [7, 11) is 0. The van der Waals surface area contributed by atoms with Gasteiger partial charge in [-0.2, -0.15) is 0 Å². The Labute approximate surface area is 111 Å². The van der Waals surface area contributed by atoms with Crippen LogP contribution in [0, 0.1) is 5.92 Å². The number of aromatic nitrogens is 3. The molecular formula is C12H19N5O2. The zero-order chi connectivity index (χ0) is 13.2. The molecule has 0 spiro atoms. The first-order valence-corrected chi connectivity index (χ1v) is 6.81. The van der Waals surface area contributed by atoms with E-state index in [0.29, 0.717) is 12.6 Å². The van der Waals surface area contributed by atoms with Gasteiger partial charge in [0, 0.05) is 19.1 Å². The van der Waals surface area contributed by atoms with E-state index in [0.717, 1.165) is 19.0 Å². The van der Waals surface area contributed by atoms with Gasteiger partial charge >= 0.3 is 5.97 Å². The SMILES string of the molecule is O=C(O)c1cn(CCNC2CN3CCC2CC3)nn1. The fourth-order valence-corrected chi connectivity index (χ4v) is 3.07. The molecule has 0 saturated carbocycles. The van der Waals surface area contributed by atoms with E-state index in [4.69, 9.17) is 5.11 Å². The van der Waals surface area contributed by atoms with Crippen molar-refractivity contribution in [3.63, 3.8) is 0 Å². The summed E-state index contributed by atoms with van der Waals surface area (Å²) in [6.45, 7) is 5.09. The maximum atomic E-state index is 10.7. The maximum Gasteiger partial charge on any atom is 0.358 e. The predicted molar refractivity (Wildman–Crippen MR) is 67.9 cm³/mol. The minimum absolute atomic E-state index is 0.00262. The molecule has 7 nitrogen and oxygen atoms in total. The van der Waals surface area contributed by atoms with Crippen LogP contribution in [0.4, 0.5) is 0 Å². The Morgan fingerprint density at radius 1 is 1.47 bits per heavy atom. The molecule has 4 heterocycles. The molecule has 7 heteroatoms. The monoisotopic (exact) mass is 265 g/mol. The first kappa shape index (κ1) is 12.6. The molecule has 0 radical (unpaired) electrons. The summed E-state index contributed by atoms with van der Waals surface area (Å²) in [6.07, 6.45) is 4.06. The first-order valence-electron chi connectivity index (χ1n) is 6.81. The number of carbonyl (C=O) groups is 1. The summed E-state index contributed by atoms with van der Waals surface area (Å²) in [5, 5.41) is 19.7. The van der Waals surface area contributed by atoms with Gasteiger partial charge in [-0.3, -0.25) is 4.68 Å². The minimum Gasteiger partial charge on any atom is -0.476 e. The molecule has 2 bridgehead atoms. The van der Waals surface area contributed by atoms with Gasteiger partial charge in [-0.15, -0.1) is 5.10 Å². The Kier molecular flexibility index (Phi) is 3.48. The largest absolute Gasteiger partial charge is 0.476 e. The molecule has 19 heavy (non-hydrogen) atoms. The first-order chi connectivity index (χ1) is 9.22. The van der Waals surface area contributed by atoms with Crippen molar-refractivity contribution in [3.8, 4) is 0 Å². The number of piperidine rings is 3. The fraction of sp³-hybridized carbons (Fsp3) is 0.750. The van der Waals surface area contributed by atoms with E-state index >= 15 is 0 Å². The highest BCUT2D eigenvalue weighted by molar-refractivity contribution is 5.84. The summed E-state index contributed by atoms with van der Waals surface area (Å²) in [5.74, 6) is -0.230. The number of nitrogens with one attached hydrogen (secondary N) is 1. The van der Waals surface area contributed by atoms with Gasteiger partial charge in [-0.25, -0.2) is 4.79 Å². The molecule has 0 aliphatic carbocycles. The summed E-state index contributed by atoms with van der Waals surface area (Å²) >= 11 is 0. The van der Waals surface area contributed by atoms with E-state index in [1.165, 1.54) is 32.1 Å². The topological polar surface area (TPSA) is 83.3 Å². The fourth-order valence-electron chi connectivity index (χ4n) is 3.07. The zero-order valence-electron chi connectivity index (χ0n) is 10.8. The van der Waals surface area contributed by atoms with Crippen LogP contribution < -0.4 is 5.32 Å². The van der Waals surface area contributed by atoms with Crippen LogP contribution in [0.3, 0.4) is 0 Å². The van der Waals surface area contributed by atoms with Gasteiger partial charge in [0.25, 0.3) is 0 Å². The van der Waals surface area contributed by atoms with Crippen LogP contribution in [0.25, 0.3) is 0 Å². The number of hydrogen-bond acceptors (Lipinski definition) is 5. The van der Waals surface area contributed by atoms with Crippen molar-refractivity contribution in [2.45, 2.75) is 25.4 Å². The molecule has 1 atom stereocenters. The second kappa shape index (κ2) is 5.26. The third kappa shape index (κ3) is 2.76. The van der Waals surface area contributed by atoms with Gasteiger partial charge in [-0.05, 0) is 31.8 Å². The molecule has 2 N–H and O–H groups in total. The molecule has 1 aromatic heterocycles. The quantitative estimate of drug-likeness (QED) is 0.758. The van der Waals surface area contributed by atoms with E-state index in [1.54, 1.807) is 4.68 Å². The number of aromatic carboxylic acids is 1. The number of fused-ring (bicyclic) bond motifs is 3. The number of carboxylic acid groups (broad SMARTS) is 1. The average Bonchev–Trinajstić information content (AvgIpc) is 2.89. The molecule has 0 amide bonds. The Morgan fingerprint density at radius 3 is 2.84 bits per heavy atom. The lowest BCUT2D eigenvalue weighted by Gasteiger charge is -2.45. The van der Waals surface area contributed by atoms with Crippen LogP contribution in [0.2, 0.25) is 0 Å². The van der Waals surface area contributed by atoms with Crippen molar-refractivity contribution in [2.75, 3.05) is 26.2 Å². The van der Waals surface area contributed by atoms with Crippen LogP contribution in [0.5, 0.6) is 0 Å². The Bertz CT molecular complexity index is 453.